The Morgan fingerprint density at radius 1 is 1.14 bits per heavy atom. The number of nitrogens with one attached hydrogen (secondary N) is 1. The van der Waals surface area contributed by atoms with Gasteiger partial charge in [0.05, 0.1) is 27.0 Å². The molecule has 0 aliphatic heterocycles. The van der Waals surface area contributed by atoms with Gasteiger partial charge in [0.25, 0.3) is 0 Å². The summed E-state index contributed by atoms with van der Waals surface area (Å²) < 4.78 is 19.0. The summed E-state index contributed by atoms with van der Waals surface area (Å²) in [5.41, 5.74) is 2.37. The van der Waals surface area contributed by atoms with Gasteiger partial charge in [0.15, 0.2) is 6.79 Å². The summed E-state index contributed by atoms with van der Waals surface area (Å²) >= 11 is 12.5. The first-order valence-electron chi connectivity index (χ1n) is 7.88. The lowest BCUT2D eigenvalue weighted by atomic mass is 10.1. The molecule has 2 aromatic rings. The van der Waals surface area contributed by atoms with Crippen LogP contribution in [0.3, 0.4) is 0 Å². The van der Waals surface area contributed by atoms with Crippen molar-refractivity contribution in [1.29, 1.82) is 0 Å². The van der Waals surface area contributed by atoms with E-state index in [4.69, 9.17) is 51.9 Å². The fourth-order valence-corrected chi connectivity index (χ4v) is 2.40. The fraction of sp³-hybridized carbons (Fsp3) is 0.235. The lowest BCUT2D eigenvalue weighted by molar-refractivity contribution is -0.0273. The molecule has 4 N–H and O–H groups in total. The minimum atomic E-state index is -4.64. The molecular formula is C17H20Cl2NO7P. The molecule has 0 heterocycles. The van der Waals surface area contributed by atoms with Crippen molar-refractivity contribution in [2.24, 2.45) is 0 Å². The van der Waals surface area contributed by atoms with Crippen LogP contribution < -0.4 is 5.32 Å². The van der Waals surface area contributed by atoms with Gasteiger partial charge in [0.2, 0.25) is 0 Å². The number of carbonyl (C=O) groups is 1. The number of phosphoric acid groups is 1. The molecule has 0 aromatic heterocycles. The number of hydrogen-bond donors (Lipinski definition) is 4. The van der Waals surface area contributed by atoms with E-state index >= 15 is 0 Å². The summed E-state index contributed by atoms with van der Waals surface area (Å²) in [7, 11) is -4.64. The summed E-state index contributed by atoms with van der Waals surface area (Å²) in [6, 6.07) is 10.6. The molecule has 0 saturated carbocycles. The minimum absolute atomic E-state index is 0.0877. The molecule has 11 heteroatoms. The molecule has 0 radical (unpaired) electrons. The normalized spacial score (nSPS) is 10.7. The second kappa shape index (κ2) is 11.4. The SMILES string of the molecule is CCOCOC(=O)c1ccccc1Nc1c(Cl)ccc(C)c1Cl.O=P(O)(O)O. The average molecular weight is 452 g/mol. The van der Waals surface area contributed by atoms with Crippen molar-refractivity contribution in [2.75, 3.05) is 18.7 Å². The van der Waals surface area contributed by atoms with Crippen LogP contribution in [0.5, 0.6) is 0 Å². The first-order valence-corrected chi connectivity index (χ1v) is 10.2. The molecule has 0 bridgehead atoms. The van der Waals surface area contributed by atoms with E-state index < -0.39 is 13.8 Å². The molecular weight excluding hydrogens is 432 g/mol. The maximum atomic E-state index is 12.2. The van der Waals surface area contributed by atoms with Crippen molar-refractivity contribution < 1.29 is 33.5 Å². The third-order valence-corrected chi connectivity index (χ3v) is 3.97. The molecule has 0 amide bonds. The van der Waals surface area contributed by atoms with Crippen LogP contribution >= 0.6 is 31.0 Å². The van der Waals surface area contributed by atoms with E-state index in [1.54, 1.807) is 30.3 Å². The number of aryl methyl sites for hydroxylation is 1. The highest BCUT2D eigenvalue weighted by atomic mass is 35.5. The van der Waals surface area contributed by atoms with E-state index in [1.807, 2.05) is 19.9 Å². The molecule has 0 spiro atoms. The standard InChI is InChI=1S/C17H17Cl2NO3.H3O4P/c1-3-22-10-23-17(21)12-6-4-5-7-14(12)20-16-13(18)9-8-11(2)15(16)19;1-5(2,3)4/h4-9,20H,3,10H2,1-2H3;(H3,1,2,3,4). The summed E-state index contributed by atoms with van der Waals surface area (Å²) in [6.07, 6.45) is 0. The third-order valence-electron chi connectivity index (χ3n) is 3.17. The molecule has 2 rings (SSSR count). The van der Waals surface area contributed by atoms with Gasteiger partial charge in [-0.3, -0.25) is 0 Å². The highest BCUT2D eigenvalue weighted by molar-refractivity contribution is 7.45. The predicted molar refractivity (Wildman–Crippen MR) is 107 cm³/mol. The van der Waals surface area contributed by atoms with Gasteiger partial charge in [0, 0.05) is 6.61 Å². The van der Waals surface area contributed by atoms with Crippen LogP contribution in [0.1, 0.15) is 22.8 Å². The Kier molecular flexibility index (Phi) is 9.92. The van der Waals surface area contributed by atoms with Crippen LogP contribution in [0.25, 0.3) is 0 Å². The van der Waals surface area contributed by atoms with Gasteiger partial charge >= 0.3 is 13.8 Å². The number of ether oxygens (including phenoxy) is 2. The Balaban J connectivity index is 0.000000696. The maximum absolute atomic E-state index is 12.2. The minimum Gasteiger partial charge on any atom is -0.435 e. The number of rotatable bonds is 6. The maximum Gasteiger partial charge on any atom is 0.466 e. The number of halogens is 2. The molecule has 8 nitrogen and oxygen atoms in total. The number of esters is 1. The van der Waals surface area contributed by atoms with Gasteiger partial charge < -0.3 is 29.5 Å². The zero-order valence-corrected chi connectivity index (χ0v) is 17.5. The fourth-order valence-electron chi connectivity index (χ4n) is 1.93. The second-order valence-electron chi connectivity index (χ2n) is 5.28. The van der Waals surface area contributed by atoms with Gasteiger partial charge in [-0.2, -0.15) is 0 Å². The topological polar surface area (TPSA) is 125 Å². The number of carbonyl (C=O) groups excluding carboxylic acids is 1. The molecule has 2 aromatic carbocycles. The van der Waals surface area contributed by atoms with Crippen LogP contribution in [0.4, 0.5) is 11.4 Å². The van der Waals surface area contributed by atoms with Crippen LogP contribution in [-0.4, -0.2) is 34.0 Å². The number of anilines is 2. The summed E-state index contributed by atoms with van der Waals surface area (Å²) in [4.78, 5) is 33.7. The lowest BCUT2D eigenvalue weighted by Crippen LogP contribution is -2.11. The molecule has 154 valence electrons. The van der Waals surface area contributed by atoms with E-state index in [-0.39, 0.29) is 6.79 Å². The monoisotopic (exact) mass is 451 g/mol. The number of para-hydroxylation sites is 1. The Hall–Kier alpha value is -1.64. The van der Waals surface area contributed by atoms with Gasteiger partial charge in [-0.05, 0) is 37.6 Å². The molecule has 0 aliphatic carbocycles. The zero-order chi connectivity index (χ0) is 21.3. The largest absolute Gasteiger partial charge is 0.466 e. The quantitative estimate of drug-likeness (QED) is 0.222. The Labute approximate surface area is 172 Å². The first kappa shape index (κ1) is 24.4. The molecule has 0 unspecified atom stereocenters. The van der Waals surface area contributed by atoms with E-state index in [0.717, 1.165) is 5.56 Å². The van der Waals surface area contributed by atoms with Crippen LogP contribution in [0.15, 0.2) is 36.4 Å². The summed E-state index contributed by atoms with van der Waals surface area (Å²) in [5.74, 6) is -0.485. The molecule has 28 heavy (non-hydrogen) atoms. The van der Waals surface area contributed by atoms with Crippen LogP contribution in [-0.2, 0) is 14.0 Å². The number of benzene rings is 2. The van der Waals surface area contributed by atoms with Crippen molar-refractivity contribution in [3.63, 3.8) is 0 Å². The van der Waals surface area contributed by atoms with Gasteiger partial charge in [-0.15, -0.1) is 0 Å². The van der Waals surface area contributed by atoms with Crippen molar-refractivity contribution in [2.45, 2.75) is 13.8 Å². The van der Waals surface area contributed by atoms with E-state index in [2.05, 4.69) is 5.32 Å². The Morgan fingerprint density at radius 2 is 1.75 bits per heavy atom. The molecule has 0 saturated heterocycles. The highest BCUT2D eigenvalue weighted by Gasteiger charge is 2.15. The molecule has 0 aliphatic rings. The first-order chi connectivity index (χ1) is 13.0. The van der Waals surface area contributed by atoms with Crippen LogP contribution in [0, 0.1) is 6.92 Å². The average Bonchev–Trinajstić information content (AvgIpc) is 2.61. The Morgan fingerprint density at radius 3 is 2.36 bits per heavy atom. The van der Waals surface area contributed by atoms with E-state index in [9.17, 15) is 4.79 Å². The van der Waals surface area contributed by atoms with Gasteiger partial charge in [-0.1, -0.05) is 41.4 Å². The molecule has 0 atom stereocenters. The predicted octanol–water partition coefficient (Wildman–Crippen LogP) is 4.27. The van der Waals surface area contributed by atoms with Crippen molar-refractivity contribution in [1.82, 2.24) is 0 Å². The summed E-state index contributed by atoms with van der Waals surface area (Å²) in [6.45, 7) is 4.09. The summed E-state index contributed by atoms with van der Waals surface area (Å²) in [5, 5.41) is 4.10. The van der Waals surface area contributed by atoms with Gasteiger partial charge in [-0.25, -0.2) is 9.36 Å². The van der Waals surface area contributed by atoms with Crippen molar-refractivity contribution in [3.05, 3.63) is 57.6 Å². The Bertz CT molecular complexity index is 849. The lowest BCUT2D eigenvalue weighted by Gasteiger charge is -2.15. The van der Waals surface area contributed by atoms with Crippen molar-refractivity contribution in [3.8, 4) is 0 Å². The van der Waals surface area contributed by atoms with E-state index in [0.29, 0.717) is 33.6 Å². The highest BCUT2D eigenvalue weighted by Crippen LogP contribution is 2.36. The molecule has 0 fully saturated rings. The zero-order valence-electron chi connectivity index (χ0n) is 15.1. The number of hydrogen-bond acceptors (Lipinski definition) is 5. The van der Waals surface area contributed by atoms with Gasteiger partial charge in [0.1, 0.15) is 0 Å². The smallest absolute Gasteiger partial charge is 0.435 e. The van der Waals surface area contributed by atoms with Crippen LogP contribution in [0.2, 0.25) is 10.0 Å². The second-order valence-corrected chi connectivity index (χ2v) is 7.09. The van der Waals surface area contributed by atoms with Crippen molar-refractivity contribution >= 4 is 48.4 Å². The van der Waals surface area contributed by atoms with E-state index in [1.165, 1.54) is 0 Å². The third kappa shape index (κ3) is 8.58.